The molecule has 0 saturated carbocycles. The molecular formula is C19H18N4O2S. The zero-order chi connectivity index (χ0) is 18.1. The molecule has 132 valence electrons. The Morgan fingerprint density at radius 1 is 1.04 bits per heavy atom. The van der Waals surface area contributed by atoms with Crippen molar-refractivity contribution >= 4 is 32.0 Å². The van der Waals surface area contributed by atoms with Crippen molar-refractivity contribution in [1.29, 1.82) is 0 Å². The molecule has 0 unspecified atom stereocenters. The fourth-order valence-electron chi connectivity index (χ4n) is 3.13. The van der Waals surface area contributed by atoms with E-state index < -0.39 is 10.0 Å². The average Bonchev–Trinajstić information content (AvgIpc) is 3.05. The molecule has 3 heterocycles. The second kappa shape index (κ2) is 6.51. The van der Waals surface area contributed by atoms with Crippen LogP contribution in [-0.4, -0.2) is 36.0 Å². The molecule has 0 aliphatic carbocycles. The van der Waals surface area contributed by atoms with Crippen LogP contribution < -0.4 is 5.32 Å². The minimum Gasteiger partial charge on any atom is -0.319 e. The minimum absolute atomic E-state index is 0.179. The molecule has 0 bridgehead atoms. The normalized spacial score (nSPS) is 12.0. The van der Waals surface area contributed by atoms with Crippen LogP contribution in [0.2, 0.25) is 0 Å². The van der Waals surface area contributed by atoms with Gasteiger partial charge in [0.1, 0.15) is 4.90 Å². The number of nitrogens with one attached hydrogen (secondary N) is 1. The van der Waals surface area contributed by atoms with Crippen LogP contribution >= 0.6 is 0 Å². The van der Waals surface area contributed by atoms with Gasteiger partial charge in [0.2, 0.25) is 0 Å². The number of nitrogens with zero attached hydrogens (tertiary/aromatic N) is 3. The van der Waals surface area contributed by atoms with Crippen LogP contribution in [0.1, 0.15) is 5.56 Å². The predicted molar refractivity (Wildman–Crippen MR) is 102 cm³/mol. The number of benzene rings is 1. The van der Waals surface area contributed by atoms with Crippen LogP contribution in [-0.2, 0) is 16.4 Å². The molecule has 3 aromatic heterocycles. The third-order valence-corrected chi connectivity index (χ3v) is 6.07. The first-order valence-electron chi connectivity index (χ1n) is 8.32. The Balaban J connectivity index is 1.96. The van der Waals surface area contributed by atoms with Gasteiger partial charge in [-0.05, 0) is 49.8 Å². The number of rotatable bonds is 5. The molecule has 7 heteroatoms. The summed E-state index contributed by atoms with van der Waals surface area (Å²) in [4.78, 5) is 8.79. The summed E-state index contributed by atoms with van der Waals surface area (Å²) in [5.41, 5.74) is 1.84. The van der Waals surface area contributed by atoms with Crippen LogP contribution in [0.3, 0.4) is 0 Å². The first-order chi connectivity index (χ1) is 12.6. The summed E-state index contributed by atoms with van der Waals surface area (Å²) in [5, 5.41) is 4.73. The molecule has 1 N–H and O–H groups in total. The Kier molecular flexibility index (Phi) is 4.18. The van der Waals surface area contributed by atoms with Crippen LogP contribution in [0.5, 0.6) is 0 Å². The van der Waals surface area contributed by atoms with Gasteiger partial charge in [0.15, 0.2) is 5.65 Å². The number of aromatic nitrogens is 3. The van der Waals surface area contributed by atoms with Crippen molar-refractivity contribution in [3.8, 4) is 0 Å². The lowest BCUT2D eigenvalue weighted by Crippen LogP contribution is -2.13. The van der Waals surface area contributed by atoms with Crippen LogP contribution in [0.15, 0.2) is 66.0 Å². The van der Waals surface area contributed by atoms with Gasteiger partial charge in [-0.2, -0.15) is 0 Å². The maximum Gasteiger partial charge on any atom is 0.271 e. The summed E-state index contributed by atoms with van der Waals surface area (Å²) in [6, 6.07) is 12.5. The van der Waals surface area contributed by atoms with E-state index in [-0.39, 0.29) is 4.90 Å². The highest BCUT2D eigenvalue weighted by molar-refractivity contribution is 7.90. The first-order valence-corrected chi connectivity index (χ1v) is 9.76. The lowest BCUT2D eigenvalue weighted by Gasteiger charge is -2.09. The van der Waals surface area contributed by atoms with Crippen LogP contribution in [0, 0.1) is 0 Å². The highest BCUT2D eigenvalue weighted by Gasteiger charge is 2.24. The van der Waals surface area contributed by atoms with Gasteiger partial charge in [0.25, 0.3) is 10.0 Å². The second-order valence-corrected chi connectivity index (χ2v) is 7.80. The summed E-state index contributed by atoms with van der Waals surface area (Å²) in [6.45, 7) is 0.754. The van der Waals surface area contributed by atoms with Gasteiger partial charge in [0, 0.05) is 29.4 Å². The Labute approximate surface area is 151 Å². The molecule has 0 amide bonds. The van der Waals surface area contributed by atoms with Crippen molar-refractivity contribution in [3.63, 3.8) is 0 Å². The molecule has 0 radical (unpaired) electrons. The van der Waals surface area contributed by atoms with Crippen LogP contribution in [0.4, 0.5) is 0 Å². The zero-order valence-electron chi connectivity index (χ0n) is 14.3. The van der Waals surface area contributed by atoms with Crippen molar-refractivity contribution < 1.29 is 8.42 Å². The summed E-state index contributed by atoms with van der Waals surface area (Å²) in [5.74, 6) is 0. The minimum atomic E-state index is -3.83. The third kappa shape index (κ3) is 2.65. The molecule has 4 aromatic rings. The first kappa shape index (κ1) is 16.7. The van der Waals surface area contributed by atoms with Crippen molar-refractivity contribution in [1.82, 2.24) is 19.3 Å². The maximum atomic E-state index is 13.4. The number of fused-ring (bicyclic) bond motifs is 2. The van der Waals surface area contributed by atoms with E-state index >= 15 is 0 Å². The monoisotopic (exact) mass is 366 g/mol. The quantitative estimate of drug-likeness (QED) is 0.587. The summed E-state index contributed by atoms with van der Waals surface area (Å²) in [7, 11) is -1.95. The second-order valence-electron chi connectivity index (χ2n) is 6.01. The van der Waals surface area contributed by atoms with Gasteiger partial charge in [-0.1, -0.05) is 18.2 Å². The molecule has 0 spiro atoms. The number of pyridine rings is 2. The van der Waals surface area contributed by atoms with Crippen molar-refractivity contribution in [2.75, 3.05) is 13.6 Å². The van der Waals surface area contributed by atoms with E-state index in [0.29, 0.717) is 11.2 Å². The lowest BCUT2D eigenvalue weighted by atomic mass is 10.1. The van der Waals surface area contributed by atoms with Crippen molar-refractivity contribution in [2.45, 2.75) is 11.3 Å². The van der Waals surface area contributed by atoms with Gasteiger partial charge in [-0.25, -0.2) is 17.4 Å². The molecule has 0 aliphatic rings. The summed E-state index contributed by atoms with van der Waals surface area (Å²) in [6.07, 6.45) is 5.60. The molecule has 1 aromatic carbocycles. The number of para-hydroxylation sites is 1. The standard InChI is InChI=1S/C19H18N4O2S/c1-20-12-9-15-13-23(19-16(15)7-4-11-22-19)26(24,25)17-8-2-5-14-6-3-10-21-18(14)17/h2-8,10-11,13,20H,9,12H2,1H3. The van der Waals surface area contributed by atoms with Gasteiger partial charge >= 0.3 is 0 Å². The van der Waals surface area contributed by atoms with E-state index in [2.05, 4.69) is 15.3 Å². The molecule has 26 heavy (non-hydrogen) atoms. The Hall–Kier alpha value is -2.77. The fourth-order valence-corrected chi connectivity index (χ4v) is 4.64. The third-order valence-electron chi connectivity index (χ3n) is 4.39. The molecule has 6 nitrogen and oxygen atoms in total. The molecule has 0 aliphatic heterocycles. The van der Waals surface area contributed by atoms with E-state index in [1.165, 1.54) is 3.97 Å². The highest BCUT2D eigenvalue weighted by atomic mass is 32.2. The Bertz CT molecular complexity index is 1190. The zero-order valence-corrected chi connectivity index (χ0v) is 15.1. The molecule has 4 rings (SSSR count). The van der Waals surface area contributed by atoms with Crippen LogP contribution in [0.25, 0.3) is 21.9 Å². The van der Waals surface area contributed by atoms with Gasteiger partial charge in [-0.3, -0.25) is 4.98 Å². The van der Waals surface area contributed by atoms with E-state index in [9.17, 15) is 8.42 Å². The number of hydrogen-bond acceptors (Lipinski definition) is 5. The largest absolute Gasteiger partial charge is 0.319 e. The predicted octanol–water partition coefficient (Wildman–Crippen LogP) is 2.58. The maximum absolute atomic E-state index is 13.4. The highest BCUT2D eigenvalue weighted by Crippen LogP contribution is 2.28. The molecule has 0 fully saturated rings. The Morgan fingerprint density at radius 2 is 1.81 bits per heavy atom. The molecule has 0 atom stereocenters. The lowest BCUT2D eigenvalue weighted by molar-refractivity contribution is 0.589. The van der Waals surface area contributed by atoms with Crippen molar-refractivity contribution in [2.24, 2.45) is 0 Å². The van der Waals surface area contributed by atoms with E-state index in [0.717, 1.165) is 29.3 Å². The molecule has 0 saturated heterocycles. The Morgan fingerprint density at radius 3 is 2.65 bits per heavy atom. The summed E-state index contributed by atoms with van der Waals surface area (Å²) < 4.78 is 28.1. The van der Waals surface area contributed by atoms with Gasteiger partial charge in [0.05, 0.1) is 5.52 Å². The van der Waals surface area contributed by atoms with E-state index in [4.69, 9.17) is 0 Å². The van der Waals surface area contributed by atoms with E-state index in [1.54, 1.807) is 36.8 Å². The van der Waals surface area contributed by atoms with Gasteiger partial charge < -0.3 is 5.32 Å². The number of likely N-dealkylation sites (N-methyl/N-ethyl adjacent to an activating group) is 1. The molecular weight excluding hydrogens is 348 g/mol. The smallest absolute Gasteiger partial charge is 0.271 e. The van der Waals surface area contributed by atoms with Gasteiger partial charge in [-0.15, -0.1) is 0 Å². The number of hydrogen-bond donors (Lipinski definition) is 1. The SMILES string of the molecule is CNCCc1cn(S(=O)(=O)c2cccc3cccnc23)c2ncccc12. The average molecular weight is 366 g/mol. The van der Waals surface area contributed by atoms with E-state index in [1.807, 2.05) is 31.3 Å². The summed E-state index contributed by atoms with van der Waals surface area (Å²) >= 11 is 0. The topological polar surface area (TPSA) is 76.9 Å². The fraction of sp³-hybridized carbons (Fsp3) is 0.158. The van der Waals surface area contributed by atoms with Crippen molar-refractivity contribution in [3.05, 3.63) is 66.6 Å².